The van der Waals surface area contributed by atoms with Crippen molar-refractivity contribution in [2.24, 2.45) is 0 Å². The molecule has 0 aliphatic carbocycles. The Balaban J connectivity index is 1.38. The number of nitrogens with two attached hydrogens (primary N) is 1. The summed E-state index contributed by atoms with van der Waals surface area (Å²) in [7, 11) is 0. The fourth-order valence-electron chi connectivity index (χ4n) is 5.11. The molecule has 7 heteroatoms. The highest BCUT2D eigenvalue weighted by Gasteiger charge is 2.37. The predicted octanol–water partition coefficient (Wildman–Crippen LogP) is 2.46. The molecule has 4 unspecified atom stereocenters. The summed E-state index contributed by atoms with van der Waals surface area (Å²) in [6.45, 7) is 3.55. The third-order valence-electron chi connectivity index (χ3n) is 6.60. The minimum Gasteiger partial charge on any atom is -0.399 e. The largest absolute Gasteiger partial charge is 0.399 e. The van der Waals surface area contributed by atoms with Crippen molar-refractivity contribution in [3.05, 3.63) is 30.3 Å². The second-order valence-electron chi connectivity index (χ2n) is 8.76. The molecule has 4 fully saturated rings. The number of anilines is 3. The summed E-state index contributed by atoms with van der Waals surface area (Å²) in [5.41, 5.74) is 8.67. The van der Waals surface area contributed by atoms with Gasteiger partial charge in [-0.2, -0.15) is 4.98 Å². The monoisotopic (exact) mass is 393 g/mol. The summed E-state index contributed by atoms with van der Waals surface area (Å²) in [6, 6.07) is 10.1. The van der Waals surface area contributed by atoms with E-state index in [0.29, 0.717) is 24.4 Å². The standard InChI is InChI=1S/C22H27N5O2/c23-15-3-1-14(2-4-15)20-9-21(26-10-16-5-6-17(11-26)28-16)25-22(24-20)27-12-18-7-8-19(13-27)29-18/h1-4,9,16-19H,5-8,10-13,23H2. The lowest BCUT2D eigenvalue weighted by atomic mass is 10.1. The van der Waals surface area contributed by atoms with Gasteiger partial charge in [-0.1, -0.05) is 12.1 Å². The first-order valence-electron chi connectivity index (χ1n) is 10.8. The number of hydrogen-bond donors (Lipinski definition) is 1. The van der Waals surface area contributed by atoms with Gasteiger partial charge in [0.2, 0.25) is 5.95 Å². The van der Waals surface area contributed by atoms with Crippen LogP contribution in [0.1, 0.15) is 25.7 Å². The van der Waals surface area contributed by atoms with Gasteiger partial charge >= 0.3 is 0 Å². The smallest absolute Gasteiger partial charge is 0.228 e. The van der Waals surface area contributed by atoms with Crippen LogP contribution < -0.4 is 15.5 Å². The third kappa shape index (κ3) is 3.32. The molecule has 5 heterocycles. The molecule has 2 N–H and O–H groups in total. The first-order valence-corrected chi connectivity index (χ1v) is 10.8. The fraction of sp³-hybridized carbons (Fsp3) is 0.545. The second-order valence-corrected chi connectivity index (χ2v) is 8.76. The number of nitrogen functional groups attached to an aromatic ring is 1. The van der Waals surface area contributed by atoms with E-state index in [9.17, 15) is 0 Å². The Labute approximate surface area is 170 Å². The van der Waals surface area contributed by atoms with Crippen LogP contribution in [0.2, 0.25) is 0 Å². The first kappa shape index (κ1) is 17.5. The predicted molar refractivity (Wildman–Crippen MR) is 112 cm³/mol. The Kier molecular flexibility index (Phi) is 4.13. The van der Waals surface area contributed by atoms with Gasteiger partial charge in [-0.25, -0.2) is 4.98 Å². The maximum Gasteiger partial charge on any atom is 0.228 e. The van der Waals surface area contributed by atoms with Crippen LogP contribution in [0.15, 0.2) is 30.3 Å². The molecular weight excluding hydrogens is 366 g/mol. The molecule has 4 atom stereocenters. The molecule has 4 aliphatic rings. The summed E-state index contributed by atoms with van der Waals surface area (Å²) >= 11 is 0. The van der Waals surface area contributed by atoms with Crippen molar-refractivity contribution in [3.8, 4) is 11.3 Å². The van der Waals surface area contributed by atoms with Crippen LogP contribution in [0.25, 0.3) is 11.3 Å². The lowest BCUT2D eigenvalue weighted by Crippen LogP contribution is -2.45. The topological polar surface area (TPSA) is 76.7 Å². The number of benzene rings is 1. The number of fused-ring (bicyclic) bond motifs is 4. The van der Waals surface area contributed by atoms with Gasteiger partial charge in [-0.15, -0.1) is 0 Å². The summed E-state index contributed by atoms with van der Waals surface area (Å²) in [4.78, 5) is 14.7. The van der Waals surface area contributed by atoms with E-state index in [1.165, 1.54) is 0 Å². The second kappa shape index (κ2) is 6.85. The average Bonchev–Trinajstić information content (AvgIpc) is 3.27. The lowest BCUT2D eigenvalue weighted by Gasteiger charge is -2.35. The van der Waals surface area contributed by atoms with E-state index >= 15 is 0 Å². The summed E-state index contributed by atoms with van der Waals surface area (Å²) < 4.78 is 12.1. The van der Waals surface area contributed by atoms with Crippen LogP contribution in [0.4, 0.5) is 17.5 Å². The van der Waals surface area contributed by atoms with Gasteiger partial charge in [-0.3, -0.25) is 0 Å². The summed E-state index contributed by atoms with van der Waals surface area (Å²) in [5.74, 6) is 1.81. The van der Waals surface area contributed by atoms with Crippen LogP contribution in [0.3, 0.4) is 0 Å². The minimum atomic E-state index is 0.306. The van der Waals surface area contributed by atoms with E-state index in [4.69, 9.17) is 25.2 Å². The number of morpholine rings is 2. The number of nitrogens with zero attached hydrogens (tertiary/aromatic N) is 4. The zero-order valence-corrected chi connectivity index (χ0v) is 16.5. The number of aromatic nitrogens is 2. The van der Waals surface area contributed by atoms with Crippen molar-refractivity contribution < 1.29 is 9.47 Å². The highest BCUT2D eigenvalue weighted by Crippen LogP contribution is 2.33. The molecule has 6 rings (SSSR count). The molecule has 0 spiro atoms. The van der Waals surface area contributed by atoms with Crippen molar-refractivity contribution >= 4 is 17.5 Å². The quantitative estimate of drug-likeness (QED) is 0.803. The van der Waals surface area contributed by atoms with E-state index in [1.807, 2.05) is 24.3 Å². The van der Waals surface area contributed by atoms with E-state index in [2.05, 4.69) is 15.9 Å². The molecule has 152 valence electrons. The number of ether oxygens (including phenoxy) is 2. The van der Waals surface area contributed by atoms with Gasteiger partial charge in [0.25, 0.3) is 0 Å². The maximum absolute atomic E-state index is 6.03. The van der Waals surface area contributed by atoms with Gasteiger partial charge < -0.3 is 25.0 Å². The summed E-state index contributed by atoms with van der Waals surface area (Å²) in [5, 5.41) is 0. The van der Waals surface area contributed by atoms with Gasteiger partial charge in [0.15, 0.2) is 0 Å². The highest BCUT2D eigenvalue weighted by molar-refractivity contribution is 5.67. The molecule has 0 amide bonds. The van der Waals surface area contributed by atoms with Crippen LogP contribution in [0.5, 0.6) is 0 Å². The van der Waals surface area contributed by atoms with Crippen LogP contribution in [0, 0.1) is 0 Å². The number of rotatable bonds is 3. The van der Waals surface area contributed by atoms with Crippen molar-refractivity contribution in [2.45, 2.75) is 50.1 Å². The molecule has 0 saturated carbocycles. The Morgan fingerprint density at radius 3 is 1.90 bits per heavy atom. The van der Waals surface area contributed by atoms with Crippen LogP contribution in [-0.4, -0.2) is 60.6 Å². The molecule has 4 saturated heterocycles. The normalized spacial score (nSPS) is 30.8. The Morgan fingerprint density at radius 2 is 1.31 bits per heavy atom. The molecule has 1 aromatic heterocycles. The van der Waals surface area contributed by atoms with Crippen molar-refractivity contribution in [2.75, 3.05) is 41.7 Å². The third-order valence-corrected chi connectivity index (χ3v) is 6.60. The lowest BCUT2D eigenvalue weighted by molar-refractivity contribution is 0.0295. The zero-order valence-electron chi connectivity index (χ0n) is 16.5. The van der Waals surface area contributed by atoms with Gasteiger partial charge in [0.05, 0.1) is 30.1 Å². The molecule has 0 radical (unpaired) electrons. The molecule has 2 aromatic rings. The van der Waals surface area contributed by atoms with Crippen molar-refractivity contribution in [1.29, 1.82) is 0 Å². The van der Waals surface area contributed by atoms with E-state index in [0.717, 1.165) is 80.6 Å². The SMILES string of the molecule is Nc1ccc(-c2cc(N3CC4CCC(C3)O4)nc(N3CC4CCC(C3)O4)n2)cc1. The minimum absolute atomic E-state index is 0.306. The Hall–Kier alpha value is -2.38. The van der Waals surface area contributed by atoms with Crippen LogP contribution in [-0.2, 0) is 9.47 Å². The first-order chi connectivity index (χ1) is 14.2. The Morgan fingerprint density at radius 1 is 0.759 bits per heavy atom. The Bertz CT molecular complexity index is 832. The summed E-state index contributed by atoms with van der Waals surface area (Å²) in [6.07, 6.45) is 5.84. The molecular formula is C22H27N5O2. The maximum atomic E-state index is 6.03. The highest BCUT2D eigenvalue weighted by atomic mass is 16.5. The van der Waals surface area contributed by atoms with Gasteiger partial charge in [0.1, 0.15) is 5.82 Å². The molecule has 1 aromatic carbocycles. The molecule has 4 aliphatic heterocycles. The van der Waals surface area contributed by atoms with E-state index in [1.54, 1.807) is 0 Å². The van der Waals surface area contributed by atoms with Crippen molar-refractivity contribution in [3.63, 3.8) is 0 Å². The fourth-order valence-corrected chi connectivity index (χ4v) is 5.11. The van der Waals surface area contributed by atoms with E-state index in [-0.39, 0.29) is 0 Å². The van der Waals surface area contributed by atoms with Gasteiger partial charge in [-0.05, 0) is 37.8 Å². The number of hydrogen-bond acceptors (Lipinski definition) is 7. The van der Waals surface area contributed by atoms with Gasteiger partial charge in [0, 0.05) is 43.5 Å². The molecule has 7 nitrogen and oxygen atoms in total. The van der Waals surface area contributed by atoms with Crippen LogP contribution >= 0.6 is 0 Å². The zero-order chi connectivity index (χ0) is 19.4. The van der Waals surface area contributed by atoms with Crippen molar-refractivity contribution in [1.82, 2.24) is 9.97 Å². The molecule has 4 bridgehead atoms. The molecule has 29 heavy (non-hydrogen) atoms. The average molecular weight is 393 g/mol. The van der Waals surface area contributed by atoms with E-state index < -0.39 is 0 Å².